The van der Waals surface area contributed by atoms with Crippen LogP contribution >= 0.6 is 11.3 Å². The minimum absolute atomic E-state index is 0.132. The van der Waals surface area contributed by atoms with Gasteiger partial charge in [-0.2, -0.15) is 0 Å². The standard InChI is InChI=1S/C16H17N3O2S/c1-11-4-6-12(7-5-11)18-16(21)19-9-8-17-15(20)14(19)13-3-2-10-22-13/h2-7,10,14H,8-9H2,1H3,(H,17,20)(H,18,21)/t14-/m1/s1. The molecule has 6 heteroatoms. The highest BCUT2D eigenvalue weighted by Gasteiger charge is 2.35. The molecule has 2 aromatic rings. The molecule has 0 saturated carbocycles. The van der Waals surface area contributed by atoms with E-state index in [2.05, 4.69) is 10.6 Å². The Bertz CT molecular complexity index is 667. The molecule has 114 valence electrons. The Hall–Kier alpha value is -2.34. The number of nitrogens with one attached hydrogen (secondary N) is 2. The molecule has 3 amide bonds. The highest BCUT2D eigenvalue weighted by Crippen LogP contribution is 2.27. The van der Waals surface area contributed by atoms with Gasteiger partial charge in [0.15, 0.2) is 0 Å². The monoisotopic (exact) mass is 315 g/mol. The van der Waals surface area contributed by atoms with Gasteiger partial charge in [0.05, 0.1) is 0 Å². The average Bonchev–Trinajstić information content (AvgIpc) is 3.03. The molecule has 0 bridgehead atoms. The van der Waals surface area contributed by atoms with Crippen molar-refractivity contribution >= 4 is 29.0 Å². The summed E-state index contributed by atoms with van der Waals surface area (Å²) in [4.78, 5) is 27.2. The molecule has 3 rings (SSSR count). The first kappa shape index (κ1) is 14.6. The molecule has 1 aromatic heterocycles. The van der Waals surface area contributed by atoms with Crippen LogP contribution in [0.2, 0.25) is 0 Å². The number of nitrogens with zero attached hydrogens (tertiary/aromatic N) is 1. The van der Waals surface area contributed by atoms with Crippen LogP contribution in [0.15, 0.2) is 41.8 Å². The van der Waals surface area contributed by atoms with Gasteiger partial charge in [0.2, 0.25) is 5.91 Å². The first-order valence-corrected chi connectivity index (χ1v) is 7.98. The smallest absolute Gasteiger partial charge is 0.322 e. The maximum absolute atomic E-state index is 12.5. The summed E-state index contributed by atoms with van der Waals surface area (Å²) in [5.74, 6) is -0.132. The van der Waals surface area contributed by atoms with E-state index < -0.39 is 6.04 Å². The third kappa shape index (κ3) is 2.96. The number of amides is 3. The number of piperazine rings is 1. The van der Waals surface area contributed by atoms with Crippen molar-refractivity contribution in [3.8, 4) is 0 Å². The molecule has 1 aliphatic heterocycles. The molecule has 1 saturated heterocycles. The topological polar surface area (TPSA) is 61.4 Å². The molecule has 0 spiro atoms. The van der Waals surface area contributed by atoms with E-state index in [0.717, 1.165) is 16.1 Å². The molecule has 0 aliphatic carbocycles. The van der Waals surface area contributed by atoms with E-state index in [1.54, 1.807) is 4.90 Å². The Kier molecular flexibility index (Phi) is 4.11. The summed E-state index contributed by atoms with van der Waals surface area (Å²) in [5, 5.41) is 7.60. The van der Waals surface area contributed by atoms with Crippen molar-refractivity contribution in [1.82, 2.24) is 10.2 Å². The summed E-state index contributed by atoms with van der Waals surface area (Å²) in [6.07, 6.45) is 0. The summed E-state index contributed by atoms with van der Waals surface area (Å²) in [6.45, 7) is 2.96. The van der Waals surface area contributed by atoms with Crippen molar-refractivity contribution in [1.29, 1.82) is 0 Å². The Morgan fingerprint density at radius 3 is 2.77 bits per heavy atom. The summed E-state index contributed by atoms with van der Waals surface area (Å²) in [7, 11) is 0. The van der Waals surface area contributed by atoms with Gasteiger partial charge in [0.1, 0.15) is 6.04 Å². The van der Waals surface area contributed by atoms with Crippen molar-refractivity contribution in [3.63, 3.8) is 0 Å². The maximum atomic E-state index is 12.5. The SMILES string of the molecule is Cc1ccc(NC(=O)N2CCNC(=O)[C@H]2c2cccs2)cc1. The van der Waals surface area contributed by atoms with Crippen LogP contribution in [-0.2, 0) is 4.79 Å². The summed E-state index contributed by atoms with van der Waals surface area (Å²) >= 11 is 1.48. The van der Waals surface area contributed by atoms with Gasteiger partial charge < -0.3 is 15.5 Å². The van der Waals surface area contributed by atoms with Crippen LogP contribution in [0.3, 0.4) is 0 Å². The molecule has 1 aliphatic rings. The van der Waals surface area contributed by atoms with E-state index in [1.165, 1.54) is 11.3 Å². The number of hydrogen-bond donors (Lipinski definition) is 2. The Morgan fingerprint density at radius 1 is 1.32 bits per heavy atom. The van der Waals surface area contributed by atoms with E-state index >= 15 is 0 Å². The van der Waals surface area contributed by atoms with Crippen molar-refractivity contribution in [2.75, 3.05) is 18.4 Å². The quantitative estimate of drug-likeness (QED) is 0.895. The molecule has 5 nitrogen and oxygen atoms in total. The third-order valence-electron chi connectivity index (χ3n) is 3.59. The molecule has 22 heavy (non-hydrogen) atoms. The molecule has 2 N–H and O–H groups in total. The van der Waals surface area contributed by atoms with Gasteiger partial charge in [-0.15, -0.1) is 11.3 Å². The lowest BCUT2D eigenvalue weighted by Gasteiger charge is -2.34. The van der Waals surface area contributed by atoms with Gasteiger partial charge in [-0.3, -0.25) is 4.79 Å². The van der Waals surface area contributed by atoms with Gasteiger partial charge in [0.25, 0.3) is 0 Å². The fourth-order valence-electron chi connectivity index (χ4n) is 2.45. The molecule has 1 atom stereocenters. The second kappa shape index (κ2) is 6.19. The molecular formula is C16H17N3O2S. The Morgan fingerprint density at radius 2 is 2.09 bits per heavy atom. The van der Waals surface area contributed by atoms with Gasteiger partial charge in [-0.05, 0) is 30.5 Å². The number of rotatable bonds is 2. The van der Waals surface area contributed by atoms with E-state index in [-0.39, 0.29) is 11.9 Å². The van der Waals surface area contributed by atoms with Crippen molar-refractivity contribution in [2.45, 2.75) is 13.0 Å². The molecule has 1 fully saturated rings. The molecular weight excluding hydrogens is 298 g/mol. The number of hydrogen-bond acceptors (Lipinski definition) is 3. The minimum Gasteiger partial charge on any atom is -0.352 e. The minimum atomic E-state index is -0.556. The largest absolute Gasteiger partial charge is 0.352 e. The van der Waals surface area contributed by atoms with Crippen molar-refractivity contribution in [3.05, 3.63) is 52.2 Å². The number of anilines is 1. The zero-order valence-electron chi connectivity index (χ0n) is 12.2. The molecule has 1 aromatic carbocycles. The van der Waals surface area contributed by atoms with Gasteiger partial charge in [-0.1, -0.05) is 23.8 Å². The fourth-order valence-corrected chi connectivity index (χ4v) is 3.28. The van der Waals surface area contributed by atoms with Gasteiger partial charge in [-0.25, -0.2) is 4.79 Å². The highest BCUT2D eigenvalue weighted by molar-refractivity contribution is 7.10. The molecule has 0 unspecified atom stereocenters. The first-order valence-electron chi connectivity index (χ1n) is 7.10. The summed E-state index contributed by atoms with van der Waals surface area (Å²) < 4.78 is 0. The van der Waals surface area contributed by atoms with Crippen LogP contribution in [0.5, 0.6) is 0 Å². The van der Waals surface area contributed by atoms with E-state index in [1.807, 2.05) is 48.7 Å². The van der Waals surface area contributed by atoms with Gasteiger partial charge >= 0.3 is 6.03 Å². The third-order valence-corrected chi connectivity index (χ3v) is 4.51. The Balaban J connectivity index is 1.79. The average molecular weight is 315 g/mol. The number of thiophene rings is 1. The van der Waals surface area contributed by atoms with Crippen molar-refractivity contribution < 1.29 is 9.59 Å². The van der Waals surface area contributed by atoms with Crippen LogP contribution in [0.1, 0.15) is 16.5 Å². The predicted octanol–water partition coefficient (Wildman–Crippen LogP) is 2.76. The zero-order chi connectivity index (χ0) is 15.5. The van der Waals surface area contributed by atoms with E-state index in [4.69, 9.17) is 0 Å². The number of carbonyl (C=O) groups is 2. The van der Waals surface area contributed by atoms with E-state index in [9.17, 15) is 9.59 Å². The summed E-state index contributed by atoms with van der Waals surface area (Å²) in [6, 6.07) is 10.6. The Labute approximate surface area is 132 Å². The van der Waals surface area contributed by atoms with Crippen LogP contribution in [0, 0.1) is 6.92 Å². The lowest BCUT2D eigenvalue weighted by atomic mass is 10.1. The second-order valence-electron chi connectivity index (χ2n) is 5.20. The van der Waals surface area contributed by atoms with Crippen molar-refractivity contribution in [2.24, 2.45) is 0 Å². The van der Waals surface area contributed by atoms with Crippen LogP contribution in [-0.4, -0.2) is 29.9 Å². The van der Waals surface area contributed by atoms with E-state index in [0.29, 0.717) is 13.1 Å². The van der Waals surface area contributed by atoms with Gasteiger partial charge in [0, 0.05) is 23.7 Å². The summed E-state index contributed by atoms with van der Waals surface area (Å²) in [5.41, 5.74) is 1.86. The van der Waals surface area contributed by atoms with Crippen LogP contribution in [0.4, 0.5) is 10.5 Å². The first-order chi connectivity index (χ1) is 10.6. The number of carbonyl (C=O) groups excluding carboxylic acids is 2. The molecule has 2 heterocycles. The van der Waals surface area contributed by atoms with Crippen LogP contribution in [0.25, 0.3) is 0 Å². The maximum Gasteiger partial charge on any atom is 0.322 e. The molecule has 0 radical (unpaired) electrons. The lowest BCUT2D eigenvalue weighted by molar-refractivity contribution is -0.127. The fraction of sp³-hybridized carbons (Fsp3) is 0.250. The lowest BCUT2D eigenvalue weighted by Crippen LogP contribution is -2.53. The number of benzene rings is 1. The second-order valence-corrected chi connectivity index (χ2v) is 6.18. The highest BCUT2D eigenvalue weighted by atomic mass is 32.1. The predicted molar refractivity (Wildman–Crippen MR) is 87.0 cm³/mol. The number of aryl methyl sites for hydroxylation is 1. The zero-order valence-corrected chi connectivity index (χ0v) is 13.0. The van der Waals surface area contributed by atoms with Crippen LogP contribution < -0.4 is 10.6 Å². The number of urea groups is 1. The normalized spacial score (nSPS) is 18.0.